The van der Waals surface area contributed by atoms with Gasteiger partial charge < -0.3 is 24.7 Å². The van der Waals surface area contributed by atoms with E-state index in [2.05, 4.69) is 38.0 Å². The van der Waals surface area contributed by atoms with Crippen molar-refractivity contribution in [3.8, 4) is 0 Å². The van der Waals surface area contributed by atoms with Crippen molar-refractivity contribution in [1.29, 1.82) is 0 Å². The second-order valence-corrected chi connectivity index (χ2v) is 8.85. The summed E-state index contributed by atoms with van der Waals surface area (Å²) in [6.45, 7) is 0. The fourth-order valence-electron chi connectivity index (χ4n) is 6.57. The molecule has 0 aliphatic heterocycles. The summed E-state index contributed by atoms with van der Waals surface area (Å²) in [5, 5.41) is 20.5. The van der Waals surface area contributed by atoms with Gasteiger partial charge in [-0.3, -0.25) is 0 Å². The predicted molar refractivity (Wildman–Crippen MR) is 88.1 cm³/mol. The molecule has 0 amide bonds. The predicted octanol–water partition coefficient (Wildman–Crippen LogP) is 0.402. The van der Waals surface area contributed by atoms with Crippen molar-refractivity contribution in [3.05, 3.63) is 0 Å². The number of rotatable bonds is 4. The molecule has 4 aliphatic rings. The highest BCUT2D eigenvalue weighted by molar-refractivity contribution is 5.09. The first-order valence-electron chi connectivity index (χ1n) is 9.23. The molecule has 132 valence electrons. The Hall–Kier alpha value is -0.200. The molecule has 0 spiro atoms. The maximum Gasteiger partial charge on any atom is 0.0627 e. The molecule has 0 aromatic rings. The zero-order chi connectivity index (χ0) is 16.5. The van der Waals surface area contributed by atoms with Gasteiger partial charge in [0.25, 0.3) is 0 Å². The monoisotopic (exact) mass is 324 g/mol. The Labute approximate surface area is 139 Å². The normalized spacial score (nSPS) is 54.8. The lowest BCUT2D eigenvalue weighted by atomic mass is 9.92. The summed E-state index contributed by atoms with van der Waals surface area (Å²) < 4.78 is 6.62. The molecule has 0 saturated heterocycles. The third kappa shape index (κ3) is 2.39. The number of fused-ring (bicyclic) bond motifs is 4. The molecule has 5 heteroatoms. The van der Waals surface area contributed by atoms with Crippen molar-refractivity contribution in [1.82, 2.24) is 9.80 Å². The number of aliphatic hydroxyl groups excluding tert-OH is 2. The van der Waals surface area contributed by atoms with Crippen molar-refractivity contribution in [3.63, 3.8) is 0 Å². The summed E-state index contributed by atoms with van der Waals surface area (Å²) in [7, 11) is 8.50. The first-order chi connectivity index (χ1) is 10.9. The van der Waals surface area contributed by atoms with Crippen LogP contribution in [-0.4, -0.2) is 84.7 Å². The van der Waals surface area contributed by atoms with Gasteiger partial charge in [-0.2, -0.15) is 0 Å². The van der Waals surface area contributed by atoms with Crippen molar-refractivity contribution < 1.29 is 14.9 Å². The summed E-state index contributed by atoms with van der Waals surface area (Å²) in [6, 6.07) is 0.924. The SMILES string of the molecule is CN(C)C1C2CC(OC3CC4C(O)CC3C4N(C)C)C1CC2O. The van der Waals surface area contributed by atoms with Crippen LogP contribution in [0.3, 0.4) is 0 Å². The molecule has 0 aromatic heterocycles. The standard InChI is InChI=1S/C18H32N2O3/c1-19(2)17-9-7-15(11(17)5-13(9)21)23-16-8-10-14(22)6-12(16)18(10)20(3)4/h9-18,21-22H,5-8H2,1-4H3. The van der Waals surface area contributed by atoms with Gasteiger partial charge in [-0.15, -0.1) is 0 Å². The molecular weight excluding hydrogens is 292 g/mol. The number of hydrogen-bond acceptors (Lipinski definition) is 5. The Bertz CT molecular complexity index is 418. The van der Waals surface area contributed by atoms with Gasteiger partial charge >= 0.3 is 0 Å². The van der Waals surface area contributed by atoms with Crippen molar-refractivity contribution in [2.24, 2.45) is 23.7 Å². The van der Waals surface area contributed by atoms with Crippen LogP contribution in [-0.2, 0) is 4.74 Å². The molecule has 0 heterocycles. The van der Waals surface area contributed by atoms with Gasteiger partial charge in [-0.05, 0) is 53.9 Å². The molecule has 23 heavy (non-hydrogen) atoms. The van der Waals surface area contributed by atoms with Crippen LogP contribution in [0.2, 0.25) is 0 Å². The lowest BCUT2D eigenvalue weighted by molar-refractivity contribution is -0.0869. The van der Waals surface area contributed by atoms with E-state index in [-0.39, 0.29) is 12.2 Å². The van der Waals surface area contributed by atoms with Crippen molar-refractivity contribution >= 4 is 0 Å². The number of aliphatic hydroxyl groups is 2. The molecule has 0 radical (unpaired) electrons. The van der Waals surface area contributed by atoms with E-state index in [1.807, 2.05) is 0 Å². The third-order valence-electron chi connectivity index (χ3n) is 7.28. The molecule has 5 nitrogen and oxygen atoms in total. The van der Waals surface area contributed by atoms with Gasteiger partial charge in [0.1, 0.15) is 0 Å². The Morgan fingerprint density at radius 3 is 1.35 bits per heavy atom. The molecule has 0 aromatic carbocycles. The van der Waals surface area contributed by atoms with Crippen molar-refractivity contribution in [2.45, 2.75) is 62.2 Å². The van der Waals surface area contributed by atoms with Gasteiger partial charge in [0.05, 0.1) is 24.4 Å². The van der Waals surface area contributed by atoms with E-state index in [0.29, 0.717) is 48.0 Å². The van der Waals surface area contributed by atoms with Gasteiger partial charge in [-0.25, -0.2) is 0 Å². The molecular formula is C18H32N2O3. The largest absolute Gasteiger partial charge is 0.393 e. The third-order valence-corrected chi connectivity index (χ3v) is 7.28. The van der Waals surface area contributed by atoms with Crippen LogP contribution in [0.4, 0.5) is 0 Å². The summed E-state index contributed by atoms with van der Waals surface area (Å²) in [5.41, 5.74) is 0. The molecule has 4 rings (SSSR count). The van der Waals surface area contributed by atoms with Crippen LogP contribution < -0.4 is 0 Å². The summed E-state index contributed by atoms with van der Waals surface area (Å²) in [4.78, 5) is 4.56. The van der Waals surface area contributed by atoms with Gasteiger partial charge in [0, 0.05) is 35.8 Å². The fourth-order valence-corrected chi connectivity index (χ4v) is 6.57. The van der Waals surface area contributed by atoms with Crippen LogP contribution in [0.25, 0.3) is 0 Å². The summed E-state index contributed by atoms with van der Waals surface area (Å²) in [5.74, 6) is 1.67. The number of nitrogens with zero attached hydrogens (tertiary/aromatic N) is 2. The van der Waals surface area contributed by atoms with Crippen LogP contribution in [0, 0.1) is 23.7 Å². The molecule has 4 aliphatic carbocycles. The van der Waals surface area contributed by atoms with Crippen LogP contribution in [0.1, 0.15) is 25.7 Å². The topological polar surface area (TPSA) is 56.2 Å². The van der Waals surface area contributed by atoms with E-state index in [1.165, 1.54) is 0 Å². The Morgan fingerprint density at radius 1 is 0.652 bits per heavy atom. The van der Waals surface area contributed by atoms with Crippen LogP contribution >= 0.6 is 0 Å². The first kappa shape index (κ1) is 16.3. The number of ether oxygens (including phenoxy) is 1. The molecule has 4 fully saturated rings. The molecule has 4 saturated carbocycles. The molecule has 4 bridgehead atoms. The first-order valence-corrected chi connectivity index (χ1v) is 9.23. The Balaban J connectivity index is 1.45. The van der Waals surface area contributed by atoms with E-state index in [0.717, 1.165) is 25.7 Å². The Morgan fingerprint density at radius 2 is 1.04 bits per heavy atom. The average molecular weight is 324 g/mol. The average Bonchev–Trinajstić information content (AvgIpc) is 3.15. The maximum atomic E-state index is 10.3. The van der Waals surface area contributed by atoms with E-state index in [4.69, 9.17) is 4.74 Å². The highest BCUT2D eigenvalue weighted by Crippen LogP contribution is 2.52. The van der Waals surface area contributed by atoms with Gasteiger partial charge in [0.15, 0.2) is 0 Å². The van der Waals surface area contributed by atoms with E-state index < -0.39 is 0 Å². The molecule has 10 atom stereocenters. The Kier molecular flexibility index (Phi) is 4.01. The smallest absolute Gasteiger partial charge is 0.0627 e. The van der Waals surface area contributed by atoms with E-state index in [1.54, 1.807) is 0 Å². The molecule has 10 unspecified atom stereocenters. The van der Waals surface area contributed by atoms with Crippen LogP contribution in [0.5, 0.6) is 0 Å². The maximum absolute atomic E-state index is 10.3. The minimum atomic E-state index is -0.149. The van der Waals surface area contributed by atoms with Crippen LogP contribution in [0.15, 0.2) is 0 Å². The molecule has 2 N–H and O–H groups in total. The lowest BCUT2D eigenvalue weighted by Crippen LogP contribution is -2.38. The van der Waals surface area contributed by atoms with E-state index in [9.17, 15) is 10.2 Å². The minimum absolute atomic E-state index is 0.149. The van der Waals surface area contributed by atoms with Gasteiger partial charge in [-0.1, -0.05) is 0 Å². The second-order valence-electron chi connectivity index (χ2n) is 8.85. The zero-order valence-corrected chi connectivity index (χ0v) is 14.8. The quantitative estimate of drug-likeness (QED) is 0.784. The highest BCUT2D eigenvalue weighted by Gasteiger charge is 2.58. The highest BCUT2D eigenvalue weighted by atomic mass is 16.5. The fraction of sp³-hybridized carbons (Fsp3) is 1.00. The number of hydrogen-bond donors (Lipinski definition) is 2. The second kappa shape index (κ2) is 5.67. The lowest BCUT2D eigenvalue weighted by Gasteiger charge is -2.33. The zero-order valence-electron chi connectivity index (χ0n) is 14.8. The summed E-state index contributed by atoms with van der Waals surface area (Å²) in [6.07, 6.45) is 4.06. The van der Waals surface area contributed by atoms with Crippen molar-refractivity contribution in [2.75, 3.05) is 28.2 Å². The minimum Gasteiger partial charge on any atom is -0.393 e. The van der Waals surface area contributed by atoms with E-state index >= 15 is 0 Å². The summed E-state index contributed by atoms with van der Waals surface area (Å²) >= 11 is 0. The van der Waals surface area contributed by atoms with Gasteiger partial charge in [0.2, 0.25) is 0 Å².